The number of Topliss-reactive ketones (excluding diaryl/α,β-unsaturated/α-hetero) is 1. The molecule has 1 fully saturated rings. The van der Waals surface area contributed by atoms with Crippen molar-refractivity contribution in [3.63, 3.8) is 0 Å². The van der Waals surface area contributed by atoms with Crippen LogP contribution >= 0.6 is 22.6 Å². The van der Waals surface area contributed by atoms with Crippen molar-refractivity contribution < 1.29 is 29.1 Å². The summed E-state index contributed by atoms with van der Waals surface area (Å²) in [5, 5.41) is 10.5. The molecule has 0 bridgehead atoms. The van der Waals surface area contributed by atoms with Crippen LogP contribution in [-0.4, -0.2) is 55.6 Å². The highest BCUT2D eigenvalue weighted by Crippen LogP contribution is 2.16. The monoisotopic (exact) mass is 410 g/mol. The summed E-state index contributed by atoms with van der Waals surface area (Å²) >= 11 is 1.79. The number of halogens is 1. The molecule has 116 valence electrons. The standard InChI is InChI=1S/C12H15IN2O6/c1-7(12(20)21)8(16)4-5-14(11(19)6-13)15-9(17)2-3-10(15)18/h7H,2-6H2,1H3,(H,20,21). The highest BCUT2D eigenvalue weighted by Gasteiger charge is 2.36. The first-order valence-electron chi connectivity index (χ1n) is 6.27. The van der Waals surface area contributed by atoms with Crippen molar-refractivity contribution in [2.75, 3.05) is 11.0 Å². The Labute approximate surface area is 134 Å². The van der Waals surface area contributed by atoms with Crippen LogP contribution in [0.1, 0.15) is 26.2 Å². The van der Waals surface area contributed by atoms with Gasteiger partial charge in [-0.15, -0.1) is 0 Å². The molecule has 3 amide bonds. The Morgan fingerprint density at radius 2 is 1.81 bits per heavy atom. The van der Waals surface area contributed by atoms with Gasteiger partial charge in [0.2, 0.25) is 11.8 Å². The van der Waals surface area contributed by atoms with E-state index in [0.717, 1.165) is 10.0 Å². The summed E-state index contributed by atoms with van der Waals surface area (Å²) in [5.74, 6) is -4.46. The molecule has 0 saturated carbocycles. The zero-order chi connectivity index (χ0) is 16.2. The first-order chi connectivity index (χ1) is 9.79. The van der Waals surface area contributed by atoms with Crippen LogP contribution in [0.4, 0.5) is 0 Å². The summed E-state index contributed by atoms with van der Waals surface area (Å²) in [7, 11) is 0. The molecule has 21 heavy (non-hydrogen) atoms. The van der Waals surface area contributed by atoms with Gasteiger partial charge in [0.1, 0.15) is 11.7 Å². The van der Waals surface area contributed by atoms with E-state index >= 15 is 0 Å². The van der Waals surface area contributed by atoms with E-state index in [1.165, 1.54) is 6.92 Å². The third-order valence-electron chi connectivity index (χ3n) is 3.09. The van der Waals surface area contributed by atoms with E-state index in [2.05, 4.69) is 0 Å². The van der Waals surface area contributed by atoms with Gasteiger partial charge in [-0.3, -0.25) is 24.0 Å². The zero-order valence-electron chi connectivity index (χ0n) is 11.4. The Morgan fingerprint density at radius 3 is 2.24 bits per heavy atom. The van der Waals surface area contributed by atoms with Crippen LogP contribution in [0.3, 0.4) is 0 Å². The molecule has 1 saturated heterocycles. The Morgan fingerprint density at radius 1 is 1.29 bits per heavy atom. The molecule has 1 heterocycles. The smallest absolute Gasteiger partial charge is 0.313 e. The number of hydrogen-bond acceptors (Lipinski definition) is 5. The average Bonchev–Trinajstić information content (AvgIpc) is 2.77. The molecule has 0 aromatic carbocycles. The van der Waals surface area contributed by atoms with Crippen LogP contribution in [0.25, 0.3) is 0 Å². The van der Waals surface area contributed by atoms with E-state index in [4.69, 9.17) is 5.11 Å². The second kappa shape index (κ2) is 7.48. The number of carboxylic acid groups (broad SMARTS) is 1. The van der Waals surface area contributed by atoms with Gasteiger partial charge in [0.25, 0.3) is 5.91 Å². The minimum absolute atomic E-state index is 0.0311. The second-order valence-corrected chi connectivity index (χ2v) is 5.29. The Hall–Kier alpha value is -1.52. The molecule has 0 aromatic heterocycles. The molecule has 8 nitrogen and oxygen atoms in total. The normalized spacial score (nSPS) is 16.0. The first-order valence-corrected chi connectivity index (χ1v) is 7.79. The predicted molar refractivity (Wildman–Crippen MR) is 78.1 cm³/mol. The summed E-state index contributed by atoms with van der Waals surface area (Å²) in [4.78, 5) is 57.6. The second-order valence-electron chi connectivity index (χ2n) is 4.53. The summed E-state index contributed by atoms with van der Waals surface area (Å²) in [5.41, 5.74) is 0. The molecule has 0 aliphatic carbocycles. The van der Waals surface area contributed by atoms with Crippen molar-refractivity contribution in [3.8, 4) is 0 Å². The Kier molecular flexibility index (Phi) is 6.24. The SMILES string of the molecule is CC(C(=O)O)C(=O)CCN(C(=O)CI)N1C(=O)CCC1=O. The van der Waals surface area contributed by atoms with E-state index in [-0.39, 0.29) is 30.2 Å². The van der Waals surface area contributed by atoms with Crippen LogP contribution < -0.4 is 0 Å². The average molecular weight is 410 g/mol. The summed E-state index contributed by atoms with van der Waals surface area (Å²) in [6.07, 6.45) is -0.167. The van der Waals surface area contributed by atoms with Gasteiger partial charge in [-0.2, -0.15) is 5.01 Å². The largest absolute Gasteiger partial charge is 0.481 e. The number of carboxylic acids is 1. The van der Waals surface area contributed by atoms with Gasteiger partial charge in [0.05, 0.1) is 11.0 Å². The van der Waals surface area contributed by atoms with Gasteiger partial charge in [0.15, 0.2) is 0 Å². The van der Waals surface area contributed by atoms with E-state index in [1.807, 2.05) is 0 Å². The van der Waals surface area contributed by atoms with E-state index in [0.29, 0.717) is 0 Å². The molecule has 0 aromatic rings. The van der Waals surface area contributed by atoms with Gasteiger partial charge in [-0.1, -0.05) is 22.6 Å². The van der Waals surface area contributed by atoms with E-state index in [1.54, 1.807) is 22.6 Å². The summed E-state index contributed by atoms with van der Waals surface area (Å²) in [6, 6.07) is 0. The molecule has 1 aliphatic heterocycles. The zero-order valence-corrected chi connectivity index (χ0v) is 13.5. The van der Waals surface area contributed by atoms with Crippen molar-refractivity contribution in [3.05, 3.63) is 0 Å². The highest BCUT2D eigenvalue weighted by atomic mass is 127. The molecule has 1 rings (SSSR count). The van der Waals surface area contributed by atoms with Gasteiger partial charge >= 0.3 is 5.97 Å². The van der Waals surface area contributed by atoms with E-state index in [9.17, 15) is 24.0 Å². The number of rotatable bonds is 7. The first kappa shape index (κ1) is 17.5. The van der Waals surface area contributed by atoms with Gasteiger partial charge < -0.3 is 5.11 Å². The maximum atomic E-state index is 11.9. The molecule has 1 atom stereocenters. The molecular formula is C12H15IN2O6. The van der Waals surface area contributed by atoms with Crippen molar-refractivity contribution in [2.24, 2.45) is 5.92 Å². The van der Waals surface area contributed by atoms with Gasteiger partial charge in [-0.25, -0.2) is 5.01 Å². The van der Waals surface area contributed by atoms with Crippen molar-refractivity contribution in [1.29, 1.82) is 0 Å². The van der Waals surface area contributed by atoms with Gasteiger partial charge in [0, 0.05) is 19.3 Å². The number of amides is 3. The maximum absolute atomic E-state index is 11.9. The van der Waals surface area contributed by atoms with Crippen molar-refractivity contribution in [1.82, 2.24) is 10.0 Å². The van der Waals surface area contributed by atoms with Crippen LogP contribution in [0.15, 0.2) is 0 Å². The fourth-order valence-electron chi connectivity index (χ4n) is 1.81. The molecule has 1 aliphatic rings. The number of carbonyl (C=O) groups excluding carboxylic acids is 4. The lowest BCUT2D eigenvalue weighted by Crippen LogP contribution is -2.50. The maximum Gasteiger partial charge on any atom is 0.313 e. The Bertz CT molecular complexity index is 476. The highest BCUT2D eigenvalue weighted by molar-refractivity contribution is 14.1. The van der Waals surface area contributed by atoms with E-state index < -0.39 is 35.4 Å². The van der Waals surface area contributed by atoms with Crippen LogP contribution in [0.5, 0.6) is 0 Å². The number of hydrogen-bond donors (Lipinski definition) is 1. The lowest BCUT2D eigenvalue weighted by atomic mass is 10.0. The third-order valence-corrected chi connectivity index (χ3v) is 3.74. The number of carbonyl (C=O) groups is 5. The fourth-order valence-corrected chi connectivity index (χ4v) is 2.20. The lowest BCUT2D eigenvalue weighted by molar-refractivity contribution is -0.167. The number of nitrogens with zero attached hydrogens (tertiary/aromatic N) is 2. The van der Waals surface area contributed by atoms with Crippen LogP contribution in [-0.2, 0) is 24.0 Å². The predicted octanol–water partition coefficient (Wildman–Crippen LogP) is -0.00610. The number of aliphatic carboxylic acids is 1. The number of hydrazine groups is 1. The Balaban J connectivity index is 2.79. The fraction of sp³-hybridized carbons (Fsp3) is 0.583. The van der Waals surface area contributed by atoms with Gasteiger partial charge in [-0.05, 0) is 6.92 Å². The third kappa shape index (κ3) is 4.22. The summed E-state index contributed by atoms with van der Waals surface area (Å²) in [6.45, 7) is 1.07. The van der Waals surface area contributed by atoms with Crippen LogP contribution in [0.2, 0.25) is 0 Å². The molecule has 1 unspecified atom stereocenters. The quantitative estimate of drug-likeness (QED) is 0.274. The molecule has 0 spiro atoms. The summed E-state index contributed by atoms with van der Waals surface area (Å²) < 4.78 is 0.0392. The van der Waals surface area contributed by atoms with Crippen molar-refractivity contribution in [2.45, 2.75) is 26.2 Å². The molecule has 9 heteroatoms. The van der Waals surface area contributed by atoms with Crippen molar-refractivity contribution >= 4 is 52.1 Å². The van der Waals surface area contributed by atoms with Crippen LogP contribution in [0, 0.1) is 5.92 Å². The molecular weight excluding hydrogens is 395 g/mol. The molecule has 1 N–H and O–H groups in total. The number of imide groups is 1. The lowest BCUT2D eigenvalue weighted by Gasteiger charge is -2.29. The minimum atomic E-state index is -1.25. The number of alkyl halides is 1. The molecule has 0 radical (unpaired) electrons. The topological polar surface area (TPSA) is 112 Å². The minimum Gasteiger partial charge on any atom is -0.481 e. The number of ketones is 1.